The molecule has 0 bridgehead atoms. The number of anilines is 3. The second-order valence-corrected chi connectivity index (χ2v) is 7.18. The van der Waals surface area contributed by atoms with Crippen LogP contribution in [0.5, 0.6) is 0 Å². The van der Waals surface area contributed by atoms with Crippen LogP contribution < -0.4 is 32.4 Å². The van der Waals surface area contributed by atoms with Crippen LogP contribution in [0.2, 0.25) is 0 Å². The van der Waals surface area contributed by atoms with Crippen molar-refractivity contribution in [3.8, 4) is 0 Å². The number of aliphatic imine (C=N–C) groups is 1. The Bertz CT molecular complexity index is 964. The van der Waals surface area contributed by atoms with Crippen LogP contribution in [0.1, 0.15) is 35.9 Å². The lowest BCUT2D eigenvalue weighted by molar-refractivity contribution is 0.0975. The summed E-state index contributed by atoms with van der Waals surface area (Å²) in [6.45, 7) is 4.60. The minimum atomic E-state index is -0.379. The smallest absolute Gasteiger partial charge is 0.258 e. The van der Waals surface area contributed by atoms with Crippen LogP contribution in [0.25, 0.3) is 0 Å². The van der Waals surface area contributed by atoms with Crippen molar-refractivity contribution in [2.45, 2.75) is 20.0 Å². The molecule has 0 fully saturated rings. The van der Waals surface area contributed by atoms with Gasteiger partial charge in [0.2, 0.25) is 0 Å². The minimum Gasteiger partial charge on any atom is -0.335 e. The van der Waals surface area contributed by atoms with E-state index in [0.29, 0.717) is 35.4 Å². The number of halogens is 1. The van der Waals surface area contributed by atoms with Crippen LogP contribution in [-0.4, -0.2) is 18.4 Å². The molecule has 2 aromatic rings. The van der Waals surface area contributed by atoms with Crippen molar-refractivity contribution in [3.63, 3.8) is 0 Å². The van der Waals surface area contributed by atoms with Crippen LogP contribution >= 0.6 is 0 Å². The number of carbonyl (C=O) groups is 1. The quantitative estimate of drug-likeness (QED) is 0.346. The van der Waals surface area contributed by atoms with Gasteiger partial charge >= 0.3 is 0 Å². The zero-order valence-electron chi connectivity index (χ0n) is 16.0. The molecule has 0 aliphatic carbocycles. The van der Waals surface area contributed by atoms with E-state index in [2.05, 4.69) is 37.4 Å². The summed E-state index contributed by atoms with van der Waals surface area (Å²) in [7, 11) is 0. The lowest BCUT2D eigenvalue weighted by Gasteiger charge is -2.18. The summed E-state index contributed by atoms with van der Waals surface area (Å²) >= 11 is 0. The molecule has 4 rings (SSSR count). The summed E-state index contributed by atoms with van der Waals surface area (Å²) in [5, 5.41) is 5.99. The van der Waals surface area contributed by atoms with Gasteiger partial charge < -0.3 is 10.7 Å². The number of hydrazine groups is 1. The zero-order valence-corrected chi connectivity index (χ0v) is 16.0. The number of hydrogen-bond acceptors (Lipinski definition) is 7. The second kappa shape index (κ2) is 7.94. The van der Waals surface area contributed by atoms with Gasteiger partial charge in [-0.2, -0.15) is 4.94 Å². The molecule has 0 spiro atoms. The Kier molecular flexibility index (Phi) is 5.19. The number of guanidine groups is 1. The lowest BCUT2D eigenvalue weighted by atomic mass is 10.1. The molecule has 2 aliphatic heterocycles. The van der Waals surface area contributed by atoms with Crippen molar-refractivity contribution < 1.29 is 14.1 Å². The molecular weight excluding hydrogens is 377 g/mol. The van der Waals surface area contributed by atoms with Crippen LogP contribution in [0.15, 0.2) is 41.4 Å². The van der Waals surface area contributed by atoms with E-state index in [9.17, 15) is 9.18 Å². The zero-order chi connectivity index (χ0) is 20.4. The second-order valence-electron chi connectivity index (χ2n) is 7.18. The summed E-state index contributed by atoms with van der Waals surface area (Å²) in [4.78, 5) is 22.2. The van der Waals surface area contributed by atoms with Gasteiger partial charge in [0, 0.05) is 17.7 Å². The van der Waals surface area contributed by atoms with E-state index in [1.807, 2.05) is 13.8 Å². The van der Waals surface area contributed by atoms with Crippen molar-refractivity contribution in [2.75, 3.05) is 22.9 Å². The van der Waals surface area contributed by atoms with Gasteiger partial charge in [-0.25, -0.2) is 20.8 Å². The number of hydrogen-bond donors (Lipinski definition) is 6. The molecule has 2 aromatic carbocycles. The number of nitrogens with one attached hydrogen (secondary N) is 6. The first-order valence-electron chi connectivity index (χ1n) is 9.25. The number of fused-ring (bicyclic) bond motifs is 2. The largest absolute Gasteiger partial charge is 0.335 e. The van der Waals surface area contributed by atoms with Gasteiger partial charge in [0.1, 0.15) is 12.0 Å². The van der Waals surface area contributed by atoms with E-state index in [1.165, 1.54) is 12.1 Å². The highest BCUT2D eigenvalue weighted by Gasteiger charge is 2.24. The van der Waals surface area contributed by atoms with Crippen molar-refractivity contribution in [3.05, 3.63) is 53.3 Å². The molecule has 2 aliphatic rings. The van der Waals surface area contributed by atoms with Gasteiger partial charge in [0.15, 0.2) is 5.96 Å². The number of benzene rings is 2. The third-order valence-corrected chi connectivity index (χ3v) is 4.41. The Balaban J connectivity index is 1.51. The first kappa shape index (κ1) is 19.0. The van der Waals surface area contributed by atoms with Crippen LogP contribution in [0, 0.1) is 11.7 Å². The molecule has 1 unspecified atom stereocenters. The van der Waals surface area contributed by atoms with E-state index < -0.39 is 0 Å². The number of nitrogens with zero attached hydrogens (tertiary/aromatic N) is 1. The summed E-state index contributed by atoms with van der Waals surface area (Å²) in [6, 6.07) is 9.58. The molecule has 0 aromatic heterocycles. The van der Waals surface area contributed by atoms with E-state index in [4.69, 9.17) is 4.94 Å². The SMILES string of the molecule is CC(C)CN=C(NC(=O)c1ccc2c(c1)NON2)NC1NNc2cc(F)ccc21. The van der Waals surface area contributed by atoms with Crippen molar-refractivity contribution in [1.29, 1.82) is 0 Å². The highest BCUT2D eigenvalue weighted by molar-refractivity contribution is 6.06. The summed E-state index contributed by atoms with van der Waals surface area (Å²) in [6.07, 6.45) is -0.379. The molecule has 10 heteroatoms. The Morgan fingerprint density at radius 2 is 2.00 bits per heavy atom. The third-order valence-electron chi connectivity index (χ3n) is 4.41. The fourth-order valence-corrected chi connectivity index (χ4v) is 2.94. The first-order chi connectivity index (χ1) is 14.0. The molecule has 1 atom stereocenters. The van der Waals surface area contributed by atoms with Gasteiger partial charge in [0.25, 0.3) is 5.91 Å². The summed E-state index contributed by atoms with van der Waals surface area (Å²) < 4.78 is 13.4. The Morgan fingerprint density at radius 1 is 1.17 bits per heavy atom. The van der Waals surface area contributed by atoms with Crippen molar-refractivity contribution in [1.82, 2.24) is 16.1 Å². The van der Waals surface area contributed by atoms with Gasteiger partial charge in [0.05, 0.1) is 17.1 Å². The molecule has 0 radical (unpaired) electrons. The lowest BCUT2D eigenvalue weighted by Crippen LogP contribution is -2.46. The minimum absolute atomic E-state index is 0.312. The van der Waals surface area contributed by atoms with E-state index in [-0.39, 0.29) is 17.9 Å². The number of amides is 1. The maximum atomic E-state index is 13.4. The Labute approximate surface area is 167 Å². The van der Waals surface area contributed by atoms with Crippen LogP contribution in [0.3, 0.4) is 0 Å². The van der Waals surface area contributed by atoms with Gasteiger partial charge in [-0.15, -0.1) is 0 Å². The first-order valence-corrected chi connectivity index (χ1v) is 9.25. The molecule has 29 heavy (non-hydrogen) atoms. The maximum absolute atomic E-state index is 13.4. The topological polar surface area (TPSA) is 111 Å². The third kappa shape index (κ3) is 4.23. The standard InChI is InChI=1S/C19H22FN7O2/c1-10(2)9-21-19(22-17-13-5-4-12(20)8-15(13)24-25-17)23-18(28)11-3-6-14-16(7-11)27-29-26-14/h3-8,10,17,24-27H,9H2,1-2H3,(H2,21,22,23,28). The predicted octanol–water partition coefficient (Wildman–Crippen LogP) is 2.47. The molecular formula is C19H22FN7O2. The van der Waals surface area contributed by atoms with E-state index in [0.717, 1.165) is 11.3 Å². The molecule has 0 saturated carbocycles. The number of carbonyl (C=O) groups excluding carboxylic acids is 1. The fourth-order valence-electron chi connectivity index (χ4n) is 2.94. The predicted molar refractivity (Wildman–Crippen MR) is 108 cm³/mol. The highest BCUT2D eigenvalue weighted by atomic mass is 19.1. The van der Waals surface area contributed by atoms with Crippen LogP contribution in [-0.2, 0) is 4.94 Å². The van der Waals surface area contributed by atoms with E-state index >= 15 is 0 Å². The van der Waals surface area contributed by atoms with Gasteiger partial charge in [-0.05, 0) is 36.2 Å². The molecule has 9 nitrogen and oxygen atoms in total. The monoisotopic (exact) mass is 399 g/mol. The molecule has 152 valence electrons. The molecule has 2 heterocycles. The normalized spacial score (nSPS) is 17.1. The summed E-state index contributed by atoms with van der Waals surface area (Å²) in [5.41, 5.74) is 14.6. The molecule has 1 amide bonds. The Hall–Kier alpha value is -3.37. The average molecular weight is 399 g/mol. The highest BCUT2D eigenvalue weighted by Crippen LogP contribution is 2.28. The van der Waals surface area contributed by atoms with Crippen molar-refractivity contribution >= 4 is 28.9 Å². The fraction of sp³-hybridized carbons (Fsp3) is 0.263. The average Bonchev–Trinajstić information content (AvgIpc) is 3.32. The van der Waals surface area contributed by atoms with Gasteiger partial charge in [-0.1, -0.05) is 19.9 Å². The molecule has 0 saturated heterocycles. The Morgan fingerprint density at radius 3 is 2.83 bits per heavy atom. The van der Waals surface area contributed by atoms with Gasteiger partial charge in [-0.3, -0.25) is 15.1 Å². The van der Waals surface area contributed by atoms with E-state index in [1.54, 1.807) is 24.3 Å². The number of rotatable bonds is 4. The van der Waals surface area contributed by atoms with Crippen LogP contribution in [0.4, 0.5) is 21.5 Å². The summed E-state index contributed by atoms with van der Waals surface area (Å²) in [5.74, 6) is -0.0126. The maximum Gasteiger partial charge on any atom is 0.258 e. The molecule has 6 N–H and O–H groups in total. The van der Waals surface area contributed by atoms with Crippen molar-refractivity contribution in [2.24, 2.45) is 10.9 Å².